The molecule has 1 aromatic carbocycles. The zero-order valence-electron chi connectivity index (χ0n) is 12.5. The van der Waals surface area contributed by atoms with Gasteiger partial charge in [0.1, 0.15) is 4.88 Å². The fourth-order valence-corrected chi connectivity index (χ4v) is 4.55. The Hall–Kier alpha value is -1.84. The lowest BCUT2D eigenvalue weighted by Crippen LogP contribution is -2.27. The minimum Gasteiger partial charge on any atom is -0.321 e. The summed E-state index contributed by atoms with van der Waals surface area (Å²) in [4.78, 5) is 12.8. The maximum atomic E-state index is 12.6. The number of amides is 1. The summed E-state index contributed by atoms with van der Waals surface area (Å²) in [6.45, 7) is 2.79. The SMILES string of the molecule is Cc1nnsc1C(=O)Nc1cccc(S(=O)(=O)N2CCCC2)c1. The van der Waals surface area contributed by atoms with Gasteiger partial charge in [-0.3, -0.25) is 4.79 Å². The molecule has 0 spiro atoms. The van der Waals surface area contributed by atoms with Crippen LogP contribution in [0.5, 0.6) is 0 Å². The predicted molar refractivity (Wildman–Crippen MR) is 87.0 cm³/mol. The first-order valence-electron chi connectivity index (χ1n) is 7.19. The Morgan fingerprint density at radius 3 is 2.70 bits per heavy atom. The largest absolute Gasteiger partial charge is 0.321 e. The highest BCUT2D eigenvalue weighted by Gasteiger charge is 2.27. The third-order valence-electron chi connectivity index (χ3n) is 3.65. The van der Waals surface area contributed by atoms with Crippen LogP contribution in [0, 0.1) is 6.92 Å². The van der Waals surface area contributed by atoms with Crippen LogP contribution in [0.2, 0.25) is 0 Å². The zero-order chi connectivity index (χ0) is 16.4. The number of hydrogen-bond acceptors (Lipinski definition) is 6. The van der Waals surface area contributed by atoms with Gasteiger partial charge in [0.05, 0.1) is 10.6 Å². The lowest BCUT2D eigenvalue weighted by Gasteiger charge is -2.16. The van der Waals surface area contributed by atoms with Crippen molar-refractivity contribution in [1.29, 1.82) is 0 Å². The second-order valence-corrected chi connectivity index (χ2v) is 7.97. The quantitative estimate of drug-likeness (QED) is 0.907. The zero-order valence-corrected chi connectivity index (χ0v) is 14.2. The van der Waals surface area contributed by atoms with Crippen LogP contribution in [0.4, 0.5) is 5.69 Å². The molecule has 122 valence electrons. The number of benzene rings is 1. The number of nitrogens with one attached hydrogen (secondary N) is 1. The Kier molecular flexibility index (Phi) is 4.42. The van der Waals surface area contributed by atoms with Gasteiger partial charge in [-0.1, -0.05) is 10.6 Å². The number of aryl methyl sites for hydroxylation is 1. The highest BCUT2D eigenvalue weighted by molar-refractivity contribution is 7.89. The van der Waals surface area contributed by atoms with Crippen molar-refractivity contribution in [3.63, 3.8) is 0 Å². The van der Waals surface area contributed by atoms with E-state index in [-0.39, 0.29) is 10.8 Å². The van der Waals surface area contributed by atoms with Crippen LogP contribution in [-0.4, -0.2) is 41.3 Å². The molecule has 1 fully saturated rings. The molecule has 1 amide bonds. The number of anilines is 1. The third-order valence-corrected chi connectivity index (χ3v) is 6.37. The van der Waals surface area contributed by atoms with Gasteiger partial charge in [0.25, 0.3) is 5.91 Å². The van der Waals surface area contributed by atoms with E-state index >= 15 is 0 Å². The molecule has 9 heteroatoms. The molecule has 1 N–H and O–H groups in total. The summed E-state index contributed by atoms with van der Waals surface area (Å²) in [5.41, 5.74) is 0.983. The predicted octanol–water partition coefficient (Wildman–Crippen LogP) is 1.88. The first-order chi connectivity index (χ1) is 11.0. The first kappa shape index (κ1) is 16.0. The number of carbonyl (C=O) groups excluding carboxylic acids is 1. The summed E-state index contributed by atoms with van der Waals surface area (Å²) >= 11 is 1.01. The summed E-state index contributed by atoms with van der Waals surface area (Å²) in [7, 11) is -3.50. The fourth-order valence-electron chi connectivity index (χ4n) is 2.44. The molecule has 0 atom stereocenters. The van der Waals surface area contributed by atoms with E-state index in [4.69, 9.17) is 0 Å². The van der Waals surface area contributed by atoms with Crippen molar-refractivity contribution in [2.45, 2.75) is 24.7 Å². The number of nitrogens with zero attached hydrogens (tertiary/aromatic N) is 3. The molecule has 23 heavy (non-hydrogen) atoms. The summed E-state index contributed by atoms with van der Waals surface area (Å²) in [6.07, 6.45) is 1.76. The number of sulfonamides is 1. The van der Waals surface area contributed by atoms with E-state index in [1.54, 1.807) is 25.1 Å². The lowest BCUT2D eigenvalue weighted by molar-refractivity contribution is 0.102. The Balaban J connectivity index is 1.83. The molecule has 2 heterocycles. The molecule has 7 nitrogen and oxygen atoms in total. The lowest BCUT2D eigenvalue weighted by atomic mass is 10.3. The van der Waals surface area contributed by atoms with Crippen molar-refractivity contribution in [2.24, 2.45) is 0 Å². The van der Waals surface area contributed by atoms with Crippen LogP contribution in [0.15, 0.2) is 29.2 Å². The summed E-state index contributed by atoms with van der Waals surface area (Å²) in [5, 5.41) is 6.49. The van der Waals surface area contributed by atoms with Crippen LogP contribution in [-0.2, 0) is 10.0 Å². The average molecular weight is 352 g/mol. The monoisotopic (exact) mass is 352 g/mol. The second kappa shape index (κ2) is 6.34. The summed E-state index contributed by atoms with van der Waals surface area (Å²) < 4.78 is 30.3. The highest BCUT2D eigenvalue weighted by Crippen LogP contribution is 2.23. The molecule has 0 unspecified atom stereocenters. The van der Waals surface area contributed by atoms with Crippen molar-refractivity contribution in [3.05, 3.63) is 34.8 Å². The highest BCUT2D eigenvalue weighted by atomic mass is 32.2. The fraction of sp³-hybridized carbons (Fsp3) is 0.357. The molecule has 0 saturated carbocycles. The van der Waals surface area contributed by atoms with Crippen molar-refractivity contribution in [3.8, 4) is 0 Å². The Morgan fingerprint density at radius 1 is 1.30 bits per heavy atom. The normalized spacial score (nSPS) is 15.7. The molecule has 1 saturated heterocycles. The molecule has 0 radical (unpaired) electrons. The number of aromatic nitrogens is 2. The summed E-state index contributed by atoms with van der Waals surface area (Å²) in [5.74, 6) is -0.340. The van der Waals surface area contributed by atoms with E-state index in [9.17, 15) is 13.2 Å². The van der Waals surface area contributed by atoms with Crippen LogP contribution in [0.25, 0.3) is 0 Å². The molecular weight excluding hydrogens is 336 g/mol. The minimum absolute atomic E-state index is 0.191. The molecule has 0 bridgehead atoms. The van der Waals surface area contributed by atoms with Crippen LogP contribution in [0.1, 0.15) is 28.2 Å². The van der Waals surface area contributed by atoms with Crippen LogP contribution >= 0.6 is 11.5 Å². The van der Waals surface area contributed by atoms with Crippen molar-refractivity contribution < 1.29 is 13.2 Å². The van der Waals surface area contributed by atoms with E-state index in [0.29, 0.717) is 29.3 Å². The first-order valence-corrected chi connectivity index (χ1v) is 9.40. The Morgan fingerprint density at radius 2 is 2.04 bits per heavy atom. The molecule has 2 aromatic rings. The second-order valence-electron chi connectivity index (χ2n) is 5.28. The number of hydrogen-bond donors (Lipinski definition) is 1. The maximum Gasteiger partial charge on any atom is 0.269 e. The third kappa shape index (κ3) is 3.26. The molecule has 1 aliphatic heterocycles. The standard InChI is InChI=1S/C14H16N4O3S2/c1-10-13(22-17-16-10)14(19)15-11-5-4-6-12(9-11)23(20,21)18-7-2-3-8-18/h4-6,9H,2-3,7-8H2,1H3,(H,15,19). The molecule has 1 aliphatic rings. The van der Waals surface area contributed by atoms with Crippen molar-refractivity contribution in [1.82, 2.24) is 13.9 Å². The van der Waals surface area contributed by atoms with Crippen LogP contribution in [0.3, 0.4) is 0 Å². The smallest absolute Gasteiger partial charge is 0.269 e. The Labute approximate surface area is 138 Å². The molecule has 3 rings (SSSR count). The number of rotatable bonds is 4. The molecule has 0 aliphatic carbocycles. The molecular formula is C14H16N4O3S2. The van der Waals surface area contributed by atoms with Gasteiger partial charge >= 0.3 is 0 Å². The molecule has 1 aromatic heterocycles. The van der Waals surface area contributed by atoms with Gasteiger partial charge in [-0.05, 0) is 49.5 Å². The van der Waals surface area contributed by atoms with Gasteiger partial charge in [0, 0.05) is 18.8 Å². The van der Waals surface area contributed by atoms with Gasteiger partial charge in [-0.25, -0.2) is 8.42 Å². The van der Waals surface area contributed by atoms with Gasteiger partial charge in [0.2, 0.25) is 10.0 Å². The minimum atomic E-state index is -3.50. The van der Waals surface area contributed by atoms with E-state index in [1.165, 1.54) is 10.4 Å². The van der Waals surface area contributed by atoms with Gasteiger partial charge in [-0.15, -0.1) is 5.10 Å². The summed E-state index contributed by atoms with van der Waals surface area (Å²) in [6, 6.07) is 6.30. The Bertz CT molecular complexity index is 826. The van der Waals surface area contributed by atoms with Crippen molar-refractivity contribution >= 4 is 33.2 Å². The van der Waals surface area contributed by atoms with Gasteiger partial charge in [-0.2, -0.15) is 4.31 Å². The average Bonchev–Trinajstić information content (AvgIpc) is 3.19. The van der Waals surface area contributed by atoms with E-state index in [0.717, 1.165) is 24.4 Å². The topological polar surface area (TPSA) is 92.3 Å². The number of carbonyl (C=O) groups is 1. The van der Waals surface area contributed by atoms with E-state index in [1.807, 2.05) is 0 Å². The van der Waals surface area contributed by atoms with Gasteiger partial charge < -0.3 is 5.32 Å². The van der Waals surface area contributed by atoms with Crippen molar-refractivity contribution in [2.75, 3.05) is 18.4 Å². The van der Waals surface area contributed by atoms with Gasteiger partial charge in [0.15, 0.2) is 0 Å². The maximum absolute atomic E-state index is 12.6. The van der Waals surface area contributed by atoms with Crippen LogP contribution < -0.4 is 5.32 Å². The van der Waals surface area contributed by atoms with E-state index in [2.05, 4.69) is 14.9 Å². The van der Waals surface area contributed by atoms with E-state index < -0.39 is 10.0 Å².